The number of benzene rings is 1. The highest BCUT2D eigenvalue weighted by Crippen LogP contribution is 2.41. The van der Waals surface area contributed by atoms with Crippen molar-refractivity contribution in [2.75, 3.05) is 18.6 Å². The summed E-state index contributed by atoms with van der Waals surface area (Å²) in [5.41, 5.74) is 3.22. The standard InChI is InChI=1S/C21H22N4OS/c1-26-15-14-24-13-7-11-18(24)20-19(17-10-5-6-12-22-17)23-21(27)25(20)16-8-3-2-4-9-16/h2-13,19-20H,14-15H2,1H3,(H,23,27)/t19-,20-/m1/s1. The van der Waals surface area contributed by atoms with E-state index >= 15 is 0 Å². The van der Waals surface area contributed by atoms with Crippen molar-refractivity contribution in [3.63, 3.8) is 0 Å². The second kappa shape index (κ2) is 7.90. The molecule has 3 aromatic rings. The molecule has 0 unspecified atom stereocenters. The summed E-state index contributed by atoms with van der Waals surface area (Å²) in [6.07, 6.45) is 3.92. The van der Waals surface area contributed by atoms with E-state index in [1.54, 1.807) is 7.11 Å². The van der Waals surface area contributed by atoms with Crippen molar-refractivity contribution in [3.05, 3.63) is 84.4 Å². The summed E-state index contributed by atoms with van der Waals surface area (Å²) in [7, 11) is 1.72. The second-order valence-corrected chi connectivity index (χ2v) is 6.84. The van der Waals surface area contributed by atoms with E-state index in [9.17, 15) is 0 Å². The van der Waals surface area contributed by atoms with Crippen molar-refractivity contribution in [1.82, 2.24) is 14.9 Å². The SMILES string of the molecule is COCCn1cccc1[C@@H]1[C@@H](c2ccccn2)NC(=S)N1c1ccccc1. The van der Waals surface area contributed by atoms with Crippen molar-refractivity contribution in [1.29, 1.82) is 0 Å². The lowest BCUT2D eigenvalue weighted by Crippen LogP contribution is -2.30. The highest BCUT2D eigenvalue weighted by molar-refractivity contribution is 7.80. The number of ether oxygens (including phenoxy) is 1. The Kier molecular flexibility index (Phi) is 5.18. The minimum atomic E-state index is -0.0323. The molecule has 27 heavy (non-hydrogen) atoms. The number of methoxy groups -OCH3 is 1. The molecule has 1 aliphatic rings. The number of pyridine rings is 1. The summed E-state index contributed by atoms with van der Waals surface area (Å²) in [6, 6.07) is 20.5. The van der Waals surface area contributed by atoms with Crippen LogP contribution >= 0.6 is 12.2 Å². The number of thiocarbonyl (C=S) groups is 1. The second-order valence-electron chi connectivity index (χ2n) is 6.45. The third kappa shape index (κ3) is 3.46. The van der Waals surface area contributed by atoms with Crippen LogP contribution in [0.15, 0.2) is 73.1 Å². The van der Waals surface area contributed by atoms with E-state index in [0.717, 1.165) is 17.9 Å². The van der Waals surface area contributed by atoms with Crippen LogP contribution in [0.5, 0.6) is 0 Å². The molecule has 1 N–H and O–H groups in total. The van der Waals surface area contributed by atoms with E-state index in [-0.39, 0.29) is 12.1 Å². The lowest BCUT2D eigenvalue weighted by molar-refractivity contribution is 0.186. The zero-order chi connectivity index (χ0) is 18.6. The highest BCUT2D eigenvalue weighted by Gasteiger charge is 2.41. The van der Waals surface area contributed by atoms with Crippen LogP contribution in [0.1, 0.15) is 23.5 Å². The molecule has 1 aromatic carbocycles. The summed E-state index contributed by atoms with van der Waals surface area (Å²) in [6.45, 7) is 1.45. The summed E-state index contributed by atoms with van der Waals surface area (Å²) in [4.78, 5) is 6.78. The molecule has 138 valence electrons. The Morgan fingerprint density at radius 3 is 2.63 bits per heavy atom. The average Bonchev–Trinajstić information content (AvgIpc) is 3.31. The molecular weight excluding hydrogens is 356 g/mol. The molecule has 6 heteroatoms. The first kappa shape index (κ1) is 17.7. The third-order valence-corrected chi connectivity index (χ3v) is 5.15. The number of rotatable bonds is 6. The highest BCUT2D eigenvalue weighted by atomic mass is 32.1. The first-order chi connectivity index (χ1) is 13.3. The van der Waals surface area contributed by atoms with Crippen LogP contribution in [0.25, 0.3) is 0 Å². The van der Waals surface area contributed by atoms with Gasteiger partial charge in [0.15, 0.2) is 5.11 Å². The van der Waals surface area contributed by atoms with E-state index in [1.807, 2.05) is 42.6 Å². The predicted molar refractivity (Wildman–Crippen MR) is 111 cm³/mol. The van der Waals surface area contributed by atoms with Gasteiger partial charge in [-0.05, 0) is 48.6 Å². The van der Waals surface area contributed by atoms with E-state index in [1.165, 1.54) is 5.69 Å². The normalized spacial score (nSPS) is 19.3. The molecule has 2 aromatic heterocycles. The van der Waals surface area contributed by atoms with E-state index in [2.05, 4.69) is 50.2 Å². The summed E-state index contributed by atoms with van der Waals surface area (Å²) in [5, 5.41) is 4.20. The molecule has 4 rings (SSSR count). The maximum absolute atomic E-state index is 5.73. The lowest BCUT2D eigenvalue weighted by Gasteiger charge is -2.29. The van der Waals surface area contributed by atoms with Crippen LogP contribution in [-0.4, -0.2) is 28.4 Å². The summed E-state index contributed by atoms with van der Waals surface area (Å²) < 4.78 is 7.52. The molecule has 0 aliphatic carbocycles. The van der Waals surface area contributed by atoms with Gasteiger partial charge in [-0.15, -0.1) is 0 Å². The molecule has 5 nitrogen and oxygen atoms in total. The monoisotopic (exact) mass is 378 g/mol. The maximum Gasteiger partial charge on any atom is 0.174 e. The fraction of sp³-hybridized carbons (Fsp3) is 0.238. The van der Waals surface area contributed by atoms with Crippen molar-refractivity contribution >= 4 is 23.0 Å². The van der Waals surface area contributed by atoms with Gasteiger partial charge in [0.1, 0.15) is 6.04 Å². The van der Waals surface area contributed by atoms with Gasteiger partial charge in [-0.1, -0.05) is 24.3 Å². The number of aromatic nitrogens is 2. The van der Waals surface area contributed by atoms with Crippen LogP contribution in [-0.2, 0) is 11.3 Å². The third-order valence-electron chi connectivity index (χ3n) is 4.84. The Balaban J connectivity index is 1.80. The topological polar surface area (TPSA) is 42.3 Å². The quantitative estimate of drug-likeness (QED) is 0.663. The minimum absolute atomic E-state index is 0.00153. The van der Waals surface area contributed by atoms with Crippen LogP contribution < -0.4 is 10.2 Å². The molecule has 1 saturated heterocycles. The first-order valence-corrected chi connectivity index (χ1v) is 9.40. The molecule has 1 aliphatic heterocycles. The van der Waals surface area contributed by atoms with Gasteiger partial charge >= 0.3 is 0 Å². The minimum Gasteiger partial charge on any atom is -0.383 e. The van der Waals surface area contributed by atoms with Crippen LogP contribution in [0.2, 0.25) is 0 Å². The molecule has 3 heterocycles. The largest absolute Gasteiger partial charge is 0.383 e. The Morgan fingerprint density at radius 2 is 1.89 bits per heavy atom. The van der Waals surface area contributed by atoms with Crippen molar-refractivity contribution in [2.45, 2.75) is 18.6 Å². The van der Waals surface area contributed by atoms with Gasteiger partial charge in [-0.3, -0.25) is 4.98 Å². The molecular formula is C21H22N4OS. The summed E-state index contributed by atoms with van der Waals surface area (Å²) in [5.74, 6) is 0. The molecule has 0 bridgehead atoms. The molecule has 0 amide bonds. The average molecular weight is 379 g/mol. The zero-order valence-electron chi connectivity index (χ0n) is 15.2. The molecule has 0 saturated carbocycles. The fourth-order valence-electron chi connectivity index (χ4n) is 3.61. The Labute approximate surface area is 164 Å². The van der Waals surface area contributed by atoms with Crippen LogP contribution in [0.3, 0.4) is 0 Å². The van der Waals surface area contributed by atoms with Crippen molar-refractivity contribution in [3.8, 4) is 0 Å². The number of hydrogen-bond donors (Lipinski definition) is 1. The molecule has 0 spiro atoms. The van der Waals surface area contributed by atoms with Crippen molar-refractivity contribution < 1.29 is 4.74 Å². The lowest BCUT2D eigenvalue weighted by atomic mass is 10.0. The smallest absolute Gasteiger partial charge is 0.174 e. The number of nitrogens with zero attached hydrogens (tertiary/aromatic N) is 3. The number of anilines is 1. The fourth-order valence-corrected chi connectivity index (χ4v) is 3.96. The van der Waals surface area contributed by atoms with Gasteiger partial charge in [0.05, 0.1) is 18.3 Å². The van der Waals surface area contributed by atoms with E-state index in [4.69, 9.17) is 17.0 Å². The Hall–Kier alpha value is -2.70. The summed E-state index contributed by atoms with van der Waals surface area (Å²) >= 11 is 5.73. The predicted octanol–water partition coefficient (Wildman–Crippen LogP) is 3.71. The van der Waals surface area contributed by atoms with Gasteiger partial charge in [-0.2, -0.15) is 0 Å². The van der Waals surface area contributed by atoms with Gasteiger partial charge in [0, 0.05) is 37.4 Å². The van der Waals surface area contributed by atoms with Crippen molar-refractivity contribution in [2.24, 2.45) is 0 Å². The molecule has 2 atom stereocenters. The van der Waals surface area contributed by atoms with E-state index < -0.39 is 0 Å². The number of nitrogens with one attached hydrogen (secondary N) is 1. The van der Waals surface area contributed by atoms with Gasteiger partial charge in [0.25, 0.3) is 0 Å². The van der Waals surface area contributed by atoms with Crippen LogP contribution in [0, 0.1) is 0 Å². The van der Waals surface area contributed by atoms with E-state index in [0.29, 0.717) is 11.7 Å². The Morgan fingerprint density at radius 1 is 1.07 bits per heavy atom. The molecule has 1 fully saturated rings. The first-order valence-electron chi connectivity index (χ1n) is 8.99. The van der Waals surface area contributed by atoms with Gasteiger partial charge < -0.3 is 19.5 Å². The maximum atomic E-state index is 5.73. The molecule has 0 radical (unpaired) electrons. The van der Waals surface area contributed by atoms with Gasteiger partial charge in [0.2, 0.25) is 0 Å². The van der Waals surface area contributed by atoms with Gasteiger partial charge in [-0.25, -0.2) is 0 Å². The van der Waals surface area contributed by atoms with Crippen LogP contribution in [0.4, 0.5) is 5.69 Å². The number of para-hydroxylation sites is 1. The number of hydrogen-bond acceptors (Lipinski definition) is 3. The Bertz CT molecular complexity index is 897. The zero-order valence-corrected chi connectivity index (χ0v) is 16.0.